The number of aryl methyl sites for hydroxylation is 2. The molecule has 0 fully saturated rings. The van der Waals surface area contributed by atoms with Crippen LogP contribution >= 0.6 is 0 Å². The summed E-state index contributed by atoms with van der Waals surface area (Å²) in [5, 5.41) is 11.9. The van der Waals surface area contributed by atoms with Gasteiger partial charge in [0.2, 0.25) is 0 Å². The molecule has 0 bridgehead atoms. The minimum absolute atomic E-state index is 0.0666. The summed E-state index contributed by atoms with van der Waals surface area (Å²) in [5.74, 6) is 1.92. The quantitative estimate of drug-likeness (QED) is 0.779. The average Bonchev–Trinajstić information content (AvgIpc) is 2.88. The number of hydrogen-bond acceptors (Lipinski definition) is 3. The lowest BCUT2D eigenvalue weighted by molar-refractivity contribution is 0.245. The predicted octanol–water partition coefficient (Wildman–Crippen LogP) is 4.14. The van der Waals surface area contributed by atoms with E-state index in [2.05, 4.69) is 46.9 Å². The van der Waals surface area contributed by atoms with Gasteiger partial charge in [0.15, 0.2) is 5.82 Å². The van der Waals surface area contributed by atoms with Gasteiger partial charge in [-0.2, -0.15) is 0 Å². The Balaban J connectivity index is 1.89. The van der Waals surface area contributed by atoms with E-state index in [0.717, 1.165) is 61.5 Å². The van der Waals surface area contributed by atoms with Crippen molar-refractivity contribution in [1.82, 2.24) is 20.1 Å². The van der Waals surface area contributed by atoms with Crippen LogP contribution in [0.1, 0.15) is 61.8 Å². The van der Waals surface area contributed by atoms with Crippen molar-refractivity contribution in [1.29, 1.82) is 0 Å². The molecular weight excluding hydrogens is 338 g/mol. The third-order valence-electron chi connectivity index (χ3n) is 5.40. The smallest absolute Gasteiger partial charge is 0.322 e. The number of hydrogen-bond donors (Lipinski definition) is 1. The molecule has 2 aromatic rings. The summed E-state index contributed by atoms with van der Waals surface area (Å²) in [6, 6.07) is 6.04. The number of carbonyl (C=O) groups excluding carboxylic acids is 1. The standard InChI is InChI=1S/C21H31N5O/c1-4-5-13-22-21(27)26(18-11-9-10-16(2)17(18)3)15-20-24-23-19-12-7-6-8-14-25(19)20/h9-11H,4-8,12-15H2,1-3H3,(H,22,27). The Bertz CT molecular complexity index is 783. The lowest BCUT2D eigenvalue weighted by Crippen LogP contribution is -2.41. The van der Waals surface area contributed by atoms with E-state index >= 15 is 0 Å². The normalized spacial score (nSPS) is 13.7. The van der Waals surface area contributed by atoms with E-state index < -0.39 is 0 Å². The summed E-state index contributed by atoms with van der Waals surface area (Å²) in [6.45, 7) is 8.34. The lowest BCUT2D eigenvalue weighted by Gasteiger charge is -2.25. The SMILES string of the molecule is CCCCNC(=O)N(Cc1nnc2n1CCCCC2)c1cccc(C)c1C. The van der Waals surface area contributed by atoms with Gasteiger partial charge < -0.3 is 9.88 Å². The van der Waals surface area contributed by atoms with Crippen molar-refractivity contribution in [2.24, 2.45) is 0 Å². The maximum Gasteiger partial charge on any atom is 0.322 e. The highest BCUT2D eigenvalue weighted by molar-refractivity contribution is 5.92. The van der Waals surface area contributed by atoms with Gasteiger partial charge in [0, 0.05) is 25.2 Å². The minimum atomic E-state index is -0.0666. The van der Waals surface area contributed by atoms with E-state index in [4.69, 9.17) is 0 Å². The average molecular weight is 370 g/mol. The number of fused-ring (bicyclic) bond motifs is 1. The monoisotopic (exact) mass is 369 g/mol. The molecule has 2 amide bonds. The molecule has 1 aromatic carbocycles. The molecular formula is C21H31N5O. The molecule has 0 atom stereocenters. The molecule has 27 heavy (non-hydrogen) atoms. The van der Waals surface area contributed by atoms with Gasteiger partial charge in [-0.15, -0.1) is 10.2 Å². The third kappa shape index (κ3) is 4.49. The van der Waals surface area contributed by atoms with Crippen molar-refractivity contribution >= 4 is 11.7 Å². The molecule has 0 saturated heterocycles. The fourth-order valence-electron chi connectivity index (χ4n) is 3.57. The highest BCUT2D eigenvalue weighted by Gasteiger charge is 2.23. The summed E-state index contributed by atoms with van der Waals surface area (Å²) >= 11 is 0. The summed E-state index contributed by atoms with van der Waals surface area (Å²) in [6.07, 6.45) is 6.54. The lowest BCUT2D eigenvalue weighted by atomic mass is 10.1. The second kappa shape index (κ2) is 9.02. The largest absolute Gasteiger partial charge is 0.338 e. The van der Waals surface area contributed by atoms with E-state index in [0.29, 0.717) is 13.1 Å². The first kappa shape index (κ1) is 19.4. The van der Waals surface area contributed by atoms with Crippen LogP contribution in [0.3, 0.4) is 0 Å². The zero-order chi connectivity index (χ0) is 19.2. The number of anilines is 1. The van der Waals surface area contributed by atoms with Crippen LogP contribution in [0.15, 0.2) is 18.2 Å². The highest BCUT2D eigenvalue weighted by Crippen LogP contribution is 2.25. The van der Waals surface area contributed by atoms with Crippen LogP contribution in [0.2, 0.25) is 0 Å². The Morgan fingerprint density at radius 1 is 1.22 bits per heavy atom. The number of aromatic nitrogens is 3. The zero-order valence-corrected chi connectivity index (χ0v) is 16.8. The van der Waals surface area contributed by atoms with Gasteiger partial charge in [-0.1, -0.05) is 31.9 Å². The van der Waals surface area contributed by atoms with Gasteiger partial charge in [-0.25, -0.2) is 4.79 Å². The molecule has 146 valence electrons. The van der Waals surface area contributed by atoms with Crippen LogP contribution < -0.4 is 10.2 Å². The minimum Gasteiger partial charge on any atom is -0.338 e. The third-order valence-corrected chi connectivity index (χ3v) is 5.40. The van der Waals surface area contributed by atoms with E-state index in [9.17, 15) is 4.79 Å². The summed E-state index contributed by atoms with van der Waals surface area (Å²) in [5.41, 5.74) is 3.24. The first-order valence-corrected chi connectivity index (χ1v) is 10.1. The molecule has 0 spiro atoms. The second-order valence-electron chi connectivity index (χ2n) is 7.39. The van der Waals surface area contributed by atoms with Crippen molar-refractivity contribution in [3.63, 3.8) is 0 Å². The molecule has 1 aliphatic heterocycles. The number of carbonyl (C=O) groups is 1. The van der Waals surface area contributed by atoms with Crippen LogP contribution in [0, 0.1) is 13.8 Å². The summed E-state index contributed by atoms with van der Waals surface area (Å²) in [4.78, 5) is 14.8. The first-order valence-electron chi connectivity index (χ1n) is 10.1. The number of rotatable bonds is 6. The Labute approximate surface area is 162 Å². The summed E-state index contributed by atoms with van der Waals surface area (Å²) < 4.78 is 2.21. The summed E-state index contributed by atoms with van der Waals surface area (Å²) in [7, 11) is 0. The highest BCUT2D eigenvalue weighted by atomic mass is 16.2. The fourth-order valence-corrected chi connectivity index (χ4v) is 3.57. The van der Waals surface area contributed by atoms with Crippen LogP contribution in [0.5, 0.6) is 0 Å². The Kier molecular flexibility index (Phi) is 6.48. The molecule has 0 radical (unpaired) electrons. The molecule has 2 heterocycles. The number of nitrogens with one attached hydrogen (secondary N) is 1. The number of benzene rings is 1. The maximum absolute atomic E-state index is 13.0. The van der Waals surface area contributed by atoms with E-state index in [1.54, 1.807) is 0 Å². The first-order chi connectivity index (χ1) is 13.1. The van der Waals surface area contributed by atoms with E-state index in [1.165, 1.54) is 12.0 Å². The van der Waals surface area contributed by atoms with Gasteiger partial charge in [0.25, 0.3) is 0 Å². The van der Waals surface area contributed by atoms with Gasteiger partial charge >= 0.3 is 6.03 Å². The van der Waals surface area contributed by atoms with E-state index in [-0.39, 0.29) is 6.03 Å². The van der Waals surface area contributed by atoms with Crippen LogP contribution in [-0.4, -0.2) is 27.3 Å². The van der Waals surface area contributed by atoms with Crippen molar-refractivity contribution in [3.05, 3.63) is 41.0 Å². The predicted molar refractivity (Wildman–Crippen MR) is 108 cm³/mol. The van der Waals surface area contributed by atoms with Gasteiger partial charge in [0.05, 0.1) is 6.54 Å². The van der Waals surface area contributed by atoms with Gasteiger partial charge in [-0.3, -0.25) is 4.90 Å². The maximum atomic E-state index is 13.0. The topological polar surface area (TPSA) is 63.1 Å². The van der Waals surface area contributed by atoms with Crippen LogP contribution in [0.4, 0.5) is 10.5 Å². The molecule has 1 aromatic heterocycles. The number of unbranched alkanes of at least 4 members (excludes halogenated alkanes) is 1. The van der Waals surface area contributed by atoms with Crippen molar-refractivity contribution in [2.45, 2.75) is 72.4 Å². The fraction of sp³-hybridized carbons (Fsp3) is 0.571. The molecule has 1 aliphatic rings. The van der Waals surface area contributed by atoms with Crippen LogP contribution in [0.25, 0.3) is 0 Å². The molecule has 0 unspecified atom stereocenters. The van der Waals surface area contributed by atoms with E-state index in [1.807, 2.05) is 17.0 Å². The molecule has 1 N–H and O–H groups in total. The van der Waals surface area contributed by atoms with Gasteiger partial charge in [0.1, 0.15) is 5.82 Å². The molecule has 0 saturated carbocycles. The Morgan fingerprint density at radius 2 is 2.07 bits per heavy atom. The number of nitrogens with zero attached hydrogens (tertiary/aromatic N) is 4. The van der Waals surface area contributed by atoms with Gasteiger partial charge in [-0.05, 0) is 50.3 Å². The van der Waals surface area contributed by atoms with Crippen LogP contribution in [-0.2, 0) is 19.5 Å². The molecule has 6 nitrogen and oxygen atoms in total. The van der Waals surface area contributed by atoms with Crippen molar-refractivity contribution in [2.75, 3.05) is 11.4 Å². The Hall–Kier alpha value is -2.37. The Morgan fingerprint density at radius 3 is 2.89 bits per heavy atom. The zero-order valence-electron chi connectivity index (χ0n) is 16.8. The number of urea groups is 1. The second-order valence-corrected chi connectivity index (χ2v) is 7.39. The van der Waals surface area contributed by atoms with Crippen molar-refractivity contribution < 1.29 is 4.79 Å². The molecule has 3 rings (SSSR count). The van der Waals surface area contributed by atoms with Crippen molar-refractivity contribution in [3.8, 4) is 0 Å². The number of amides is 2. The molecule has 6 heteroatoms. The molecule has 0 aliphatic carbocycles.